The maximum absolute atomic E-state index is 12.2. The van der Waals surface area contributed by atoms with E-state index in [0.29, 0.717) is 6.42 Å². The predicted octanol–water partition coefficient (Wildman–Crippen LogP) is 2.56. The van der Waals surface area contributed by atoms with E-state index in [1.807, 2.05) is 54.6 Å². The van der Waals surface area contributed by atoms with Gasteiger partial charge in [-0.15, -0.1) is 0 Å². The summed E-state index contributed by atoms with van der Waals surface area (Å²) < 4.78 is 10.7. The zero-order valence-electron chi connectivity index (χ0n) is 12.7. The Morgan fingerprint density at radius 1 is 1.09 bits per heavy atom. The van der Waals surface area contributed by atoms with Crippen LogP contribution in [-0.4, -0.2) is 19.6 Å². The van der Waals surface area contributed by atoms with Crippen molar-refractivity contribution in [2.75, 3.05) is 13.7 Å². The molecule has 2 rings (SSSR count). The van der Waals surface area contributed by atoms with Crippen LogP contribution in [0.1, 0.15) is 11.1 Å². The highest BCUT2D eigenvalue weighted by Crippen LogP contribution is 2.21. The molecule has 0 heterocycles. The van der Waals surface area contributed by atoms with E-state index in [0.717, 1.165) is 16.9 Å². The second-order valence-electron chi connectivity index (χ2n) is 5.04. The summed E-state index contributed by atoms with van der Waals surface area (Å²) >= 11 is 0. The van der Waals surface area contributed by atoms with E-state index < -0.39 is 0 Å². The van der Waals surface area contributed by atoms with E-state index in [1.54, 1.807) is 7.11 Å². The lowest BCUT2D eigenvalue weighted by molar-refractivity contribution is -0.149. The molecule has 0 bridgehead atoms. The smallest absolute Gasteiger partial charge is 0.310 e. The van der Waals surface area contributed by atoms with Gasteiger partial charge in [-0.05, 0) is 23.6 Å². The largest absolute Gasteiger partial charge is 0.496 e. The second-order valence-corrected chi connectivity index (χ2v) is 5.04. The molecule has 2 N–H and O–H groups in total. The summed E-state index contributed by atoms with van der Waals surface area (Å²) in [4.78, 5) is 12.2. The lowest BCUT2D eigenvalue weighted by Gasteiger charge is -2.16. The third kappa shape index (κ3) is 4.33. The van der Waals surface area contributed by atoms with Gasteiger partial charge in [-0.25, -0.2) is 0 Å². The summed E-state index contributed by atoms with van der Waals surface area (Å²) in [6.07, 6.45) is 0.508. The van der Waals surface area contributed by atoms with Crippen LogP contribution in [-0.2, 0) is 22.6 Å². The predicted molar refractivity (Wildman–Crippen MR) is 85.5 cm³/mol. The molecule has 4 heteroatoms. The van der Waals surface area contributed by atoms with Crippen molar-refractivity contribution >= 4 is 5.97 Å². The quantitative estimate of drug-likeness (QED) is 0.798. The zero-order valence-corrected chi connectivity index (χ0v) is 12.7. The molecule has 0 amide bonds. The Morgan fingerprint density at radius 3 is 2.45 bits per heavy atom. The van der Waals surface area contributed by atoms with Crippen molar-refractivity contribution in [1.82, 2.24) is 0 Å². The van der Waals surface area contributed by atoms with Gasteiger partial charge in [0.2, 0.25) is 0 Å². The van der Waals surface area contributed by atoms with Gasteiger partial charge in [0.15, 0.2) is 0 Å². The summed E-state index contributed by atoms with van der Waals surface area (Å²) in [5.74, 6) is 0.106. The molecule has 2 aromatic carbocycles. The molecule has 0 radical (unpaired) electrons. The molecule has 116 valence electrons. The fourth-order valence-corrected chi connectivity index (χ4v) is 2.25. The van der Waals surface area contributed by atoms with Crippen LogP contribution in [0.5, 0.6) is 5.75 Å². The Bertz CT molecular complexity index is 598. The van der Waals surface area contributed by atoms with Gasteiger partial charge in [-0.3, -0.25) is 4.79 Å². The molecular formula is C18H21NO3. The highest BCUT2D eigenvalue weighted by molar-refractivity contribution is 5.73. The van der Waals surface area contributed by atoms with Crippen LogP contribution >= 0.6 is 0 Å². The van der Waals surface area contributed by atoms with E-state index in [2.05, 4.69) is 0 Å². The molecule has 0 fully saturated rings. The van der Waals surface area contributed by atoms with Gasteiger partial charge in [0.25, 0.3) is 0 Å². The number of esters is 1. The minimum Gasteiger partial charge on any atom is -0.496 e. The van der Waals surface area contributed by atoms with Crippen molar-refractivity contribution in [3.63, 3.8) is 0 Å². The van der Waals surface area contributed by atoms with Crippen LogP contribution < -0.4 is 10.5 Å². The van der Waals surface area contributed by atoms with Crippen LogP contribution in [0.4, 0.5) is 0 Å². The molecule has 22 heavy (non-hydrogen) atoms. The van der Waals surface area contributed by atoms with Gasteiger partial charge in [-0.2, -0.15) is 0 Å². The number of carbonyl (C=O) groups is 1. The highest BCUT2D eigenvalue weighted by atomic mass is 16.5. The number of rotatable bonds is 7. The Balaban J connectivity index is 1.97. The molecule has 0 aromatic heterocycles. The summed E-state index contributed by atoms with van der Waals surface area (Å²) in [6.45, 7) is 0.508. The topological polar surface area (TPSA) is 61.5 Å². The third-order valence-electron chi connectivity index (χ3n) is 3.50. The van der Waals surface area contributed by atoms with Gasteiger partial charge in [0.05, 0.1) is 13.0 Å². The minimum absolute atomic E-state index is 0.242. The molecule has 4 nitrogen and oxygen atoms in total. The van der Waals surface area contributed by atoms with Crippen LogP contribution in [0.15, 0.2) is 54.6 Å². The number of ether oxygens (including phenoxy) is 2. The summed E-state index contributed by atoms with van der Waals surface area (Å²) in [6, 6.07) is 17.2. The average molecular weight is 299 g/mol. The first-order chi connectivity index (χ1) is 10.7. The first-order valence-corrected chi connectivity index (χ1v) is 7.27. The molecular weight excluding hydrogens is 278 g/mol. The molecule has 1 unspecified atom stereocenters. The Hall–Kier alpha value is -2.33. The van der Waals surface area contributed by atoms with Gasteiger partial charge >= 0.3 is 5.97 Å². The normalized spacial score (nSPS) is 11.7. The number of hydrogen-bond donors (Lipinski definition) is 1. The van der Waals surface area contributed by atoms with Crippen molar-refractivity contribution in [1.29, 1.82) is 0 Å². The van der Waals surface area contributed by atoms with Crippen LogP contribution in [0, 0.1) is 5.92 Å². The van der Waals surface area contributed by atoms with E-state index >= 15 is 0 Å². The average Bonchev–Trinajstić information content (AvgIpc) is 2.58. The number of para-hydroxylation sites is 1. The first kappa shape index (κ1) is 16.0. The number of methoxy groups -OCH3 is 1. The van der Waals surface area contributed by atoms with Crippen molar-refractivity contribution in [2.24, 2.45) is 11.7 Å². The van der Waals surface area contributed by atoms with Crippen molar-refractivity contribution < 1.29 is 14.3 Å². The summed E-state index contributed by atoms with van der Waals surface area (Å²) in [5.41, 5.74) is 7.66. The highest BCUT2D eigenvalue weighted by Gasteiger charge is 2.20. The lowest BCUT2D eigenvalue weighted by Crippen LogP contribution is -2.27. The molecule has 1 atom stereocenters. The fourth-order valence-electron chi connectivity index (χ4n) is 2.25. The van der Waals surface area contributed by atoms with Gasteiger partial charge < -0.3 is 15.2 Å². The Kier molecular flexibility index (Phi) is 5.98. The minimum atomic E-state index is -0.375. The van der Waals surface area contributed by atoms with Gasteiger partial charge in [0, 0.05) is 6.54 Å². The maximum Gasteiger partial charge on any atom is 0.310 e. The maximum atomic E-state index is 12.2. The number of hydrogen-bond acceptors (Lipinski definition) is 4. The van der Waals surface area contributed by atoms with Crippen molar-refractivity contribution in [2.45, 2.75) is 13.0 Å². The Morgan fingerprint density at radius 2 is 1.77 bits per heavy atom. The number of benzene rings is 2. The van der Waals surface area contributed by atoms with Crippen LogP contribution in [0.25, 0.3) is 0 Å². The molecule has 0 spiro atoms. The van der Waals surface area contributed by atoms with Crippen LogP contribution in [0.3, 0.4) is 0 Å². The molecule has 0 aliphatic carbocycles. The fraction of sp³-hybridized carbons (Fsp3) is 0.278. The van der Waals surface area contributed by atoms with E-state index in [-0.39, 0.29) is 25.0 Å². The molecule has 0 saturated carbocycles. The van der Waals surface area contributed by atoms with Gasteiger partial charge in [-0.1, -0.05) is 48.5 Å². The lowest BCUT2D eigenvalue weighted by atomic mass is 9.99. The zero-order chi connectivity index (χ0) is 15.8. The monoisotopic (exact) mass is 299 g/mol. The van der Waals surface area contributed by atoms with Gasteiger partial charge in [0.1, 0.15) is 12.4 Å². The van der Waals surface area contributed by atoms with Crippen molar-refractivity contribution in [3.05, 3.63) is 65.7 Å². The second kappa shape index (κ2) is 8.20. The van der Waals surface area contributed by atoms with E-state index in [4.69, 9.17) is 15.2 Å². The van der Waals surface area contributed by atoms with Crippen LogP contribution in [0.2, 0.25) is 0 Å². The van der Waals surface area contributed by atoms with E-state index in [9.17, 15) is 4.79 Å². The number of carbonyl (C=O) groups excluding carboxylic acids is 1. The summed E-state index contributed by atoms with van der Waals surface area (Å²) in [5, 5.41) is 0. The third-order valence-corrected chi connectivity index (χ3v) is 3.50. The SMILES string of the molecule is COc1ccccc1CC(CN)C(=O)OCc1ccccc1. The number of nitrogens with two attached hydrogens (primary N) is 1. The van der Waals surface area contributed by atoms with Crippen molar-refractivity contribution in [3.8, 4) is 5.75 Å². The Labute approximate surface area is 130 Å². The molecule has 0 saturated heterocycles. The first-order valence-electron chi connectivity index (χ1n) is 7.27. The molecule has 0 aliphatic rings. The van der Waals surface area contributed by atoms with E-state index in [1.165, 1.54) is 0 Å². The molecule has 2 aromatic rings. The molecule has 0 aliphatic heterocycles. The summed E-state index contributed by atoms with van der Waals surface area (Å²) in [7, 11) is 1.62. The standard InChI is InChI=1S/C18H21NO3/c1-21-17-10-6-5-9-15(17)11-16(12-19)18(20)22-13-14-7-3-2-4-8-14/h2-10,16H,11-13,19H2,1H3.